The van der Waals surface area contributed by atoms with Crippen LogP contribution in [0.4, 0.5) is 8.78 Å². The molecule has 0 fully saturated rings. The molecule has 1 nitrogen and oxygen atoms in total. The third-order valence-corrected chi connectivity index (χ3v) is 2.31. The zero-order valence-electron chi connectivity index (χ0n) is 8.35. The largest absolute Gasteiger partial charge is 0.381 e. The van der Waals surface area contributed by atoms with Crippen LogP contribution >= 0.6 is 0 Å². The Morgan fingerprint density at radius 1 is 1.27 bits per heavy atom. The second-order valence-electron chi connectivity index (χ2n) is 3.51. The van der Waals surface area contributed by atoms with Crippen molar-refractivity contribution in [2.75, 3.05) is 6.54 Å². The van der Waals surface area contributed by atoms with E-state index in [9.17, 15) is 8.78 Å². The number of benzene rings is 1. The Morgan fingerprint density at radius 3 is 2.73 bits per heavy atom. The maximum Gasteiger partial charge on any atom is 0.135 e. The summed E-state index contributed by atoms with van der Waals surface area (Å²) < 4.78 is 26.1. The number of hydrogen-bond donors (Lipinski definition) is 1. The first-order chi connectivity index (χ1) is 7.16. The number of dihydropyridines is 1. The minimum absolute atomic E-state index is 0.406. The van der Waals surface area contributed by atoms with Gasteiger partial charge in [-0.2, -0.15) is 0 Å². The first-order valence-corrected chi connectivity index (χ1v) is 4.74. The van der Waals surface area contributed by atoms with Gasteiger partial charge in [0.1, 0.15) is 11.6 Å². The van der Waals surface area contributed by atoms with Gasteiger partial charge in [-0.05, 0) is 25.1 Å². The fourth-order valence-corrected chi connectivity index (χ4v) is 1.54. The first kappa shape index (κ1) is 9.90. The van der Waals surface area contributed by atoms with Crippen molar-refractivity contribution in [3.8, 4) is 0 Å². The minimum Gasteiger partial charge on any atom is -0.381 e. The molecule has 0 spiro atoms. The number of nitrogens with one attached hydrogen (secondary N) is 1. The molecule has 0 saturated heterocycles. The molecule has 15 heavy (non-hydrogen) atoms. The van der Waals surface area contributed by atoms with E-state index in [1.165, 1.54) is 12.1 Å². The Labute approximate surface area is 87.1 Å². The van der Waals surface area contributed by atoms with E-state index in [1.807, 2.05) is 19.1 Å². The van der Waals surface area contributed by atoms with E-state index >= 15 is 0 Å². The maximum atomic E-state index is 13.4. The van der Waals surface area contributed by atoms with E-state index in [4.69, 9.17) is 0 Å². The van der Waals surface area contributed by atoms with E-state index < -0.39 is 11.6 Å². The van der Waals surface area contributed by atoms with Gasteiger partial charge in [0.2, 0.25) is 0 Å². The number of allylic oxidation sites excluding steroid dienone is 2. The van der Waals surface area contributed by atoms with Crippen molar-refractivity contribution >= 4 is 5.70 Å². The summed E-state index contributed by atoms with van der Waals surface area (Å²) in [6.07, 6.45) is 3.85. The van der Waals surface area contributed by atoms with Crippen LogP contribution in [0.2, 0.25) is 0 Å². The van der Waals surface area contributed by atoms with E-state index in [2.05, 4.69) is 5.32 Å². The van der Waals surface area contributed by atoms with Gasteiger partial charge in [-0.25, -0.2) is 8.78 Å². The Bertz CT molecular complexity index is 447. The van der Waals surface area contributed by atoms with Crippen molar-refractivity contribution in [3.05, 3.63) is 53.1 Å². The van der Waals surface area contributed by atoms with Gasteiger partial charge in [-0.1, -0.05) is 11.6 Å². The summed E-state index contributed by atoms with van der Waals surface area (Å²) in [5.74, 6) is -1.09. The lowest BCUT2D eigenvalue weighted by Gasteiger charge is -2.15. The van der Waals surface area contributed by atoms with E-state index in [0.29, 0.717) is 17.8 Å². The van der Waals surface area contributed by atoms with Gasteiger partial charge in [0, 0.05) is 23.9 Å². The fourth-order valence-electron chi connectivity index (χ4n) is 1.54. The third-order valence-electron chi connectivity index (χ3n) is 2.31. The lowest BCUT2D eigenvalue weighted by atomic mass is 10.1. The van der Waals surface area contributed by atoms with Crippen LogP contribution in [0.15, 0.2) is 35.9 Å². The van der Waals surface area contributed by atoms with Crippen molar-refractivity contribution < 1.29 is 8.78 Å². The molecule has 0 bridgehead atoms. The zero-order chi connectivity index (χ0) is 10.8. The minimum atomic E-state index is -0.556. The van der Waals surface area contributed by atoms with Crippen LogP contribution in [-0.4, -0.2) is 6.54 Å². The second-order valence-corrected chi connectivity index (χ2v) is 3.51. The highest BCUT2D eigenvalue weighted by molar-refractivity contribution is 5.68. The van der Waals surface area contributed by atoms with E-state index in [0.717, 1.165) is 11.6 Å². The summed E-state index contributed by atoms with van der Waals surface area (Å²) in [5.41, 5.74) is 2.18. The van der Waals surface area contributed by atoms with Crippen molar-refractivity contribution in [2.24, 2.45) is 0 Å². The molecule has 1 aromatic rings. The van der Waals surface area contributed by atoms with Gasteiger partial charge >= 0.3 is 0 Å². The SMILES string of the molecule is CC1=CCNC(c2ccc(F)cc2F)=C1. The molecule has 3 heteroatoms. The predicted molar refractivity (Wildman–Crippen MR) is 56.1 cm³/mol. The molecule has 0 atom stereocenters. The molecule has 0 amide bonds. The van der Waals surface area contributed by atoms with Crippen LogP contribution in [0.1, 0.15) is 12.5 Å². The molecule has 1 aliphatic rings. The summed E-state index contributed by atoms with van der Waals surface area (Å²) in [7, 11) is 0. The highest BCUT2D eigenvalue weighted by Crippen LogP contribution is 2.20. The lowest BCUT2D eigenvalue weighted by molar-refractivity contribution is 0.580. The molecule has 1 N–H and O–H groups in total. The molecule has 0 unspecified atom stereocenters. The normalized spacial score (nSPS) is 15.4. The van der Waals surface area contributed by atoms with Gasteiger partial charge in [0.05, 0.1) is 0 Å². The van der Waals surface area contributed by atoms with Gasteiger partial charge in [0.25, 0.3) is 0 Å². The molecule has 1 aromatic carbocycles. The Balaban J connectivity index is 2.42. The van der Waals surface area contributed by atoms with Crippen molar-refractivity contribution in [1.82, 2.24) is 5.32 Å². The monoisotopic (exact) mass is 207 g/mol. The molecular weight excluding hydrogens is 196 g/mol. The number of rotatable bonds is 1. The predicted octanol–water partition coefficient (Wildman–Crippen LogP) is 2.86. The Hall–Kier alpha value is -1.64. The third kappa shape index (κ3) is 2.06. The summed E-state index contributed by atoms with van der Waals surface area (Å²) in [5, 5.41) is 3.05. The molecule has 0 saturated carbocycles. The molecule has 1 heterocycles. The van der Waals surface area contributed by atoms with Crippen LogP contribution in [0.3, 0.4) is 0 Å². The highest BCUT2D eigenvalue weighted by Gasteiger charge is 2.10. The fraction of sp³-hybridized carbons (Fsp3) is 0.167. The molecule has 78 valence electrons. The summed E-state index contributed by atoms with van der Waals surface area (Å²) >= 11 is 0. The zero-order valence-corrected chi connectivity index (χ0v) is 8.35. The molecular formula is C12H11F2N. The van der Waals surface area contributed by atoms with Crippen LogP contribution in [0, 0.1) is 11.6 Å². The smallest absolute Gasteiger partial charge is 0.135 e. The Kier molecular flexibility index (Phi) is 2.54. The van der Waals surface area contributed by atoms with Crippen LogP contribution in [0.5, 0.6) is 0 Å². The number of hydrogen-bond acceptors (Lipinski definition) is 1. The topological polar surface area (TPSA) is 12.0 Å². The summed E-state index contributed by atoms with van der Waals surface area (Å²) in [4.78, 5) is 0. The second kappa shape index (κ2) is 3.85. The summed E-state index contributed by atoms with van der Waals surface area (Å²) in [6.45, 7) is 2.62. The van der Waals surface area contributed by atoms with Gasteiger partial charge in [0.15, 0.2) is 0 Å². The average Bonchev–Trinajstić information content (AvgIpc) is 2.17. The molecule has 1 aliphatic heterocycles. The Morgan fingerprint density at radius 2 is 2.07 bits per heavy atom. The van der Waals surface area contributed by atoms with Crippen molar-refractivity contribution in [2.45, 2.75) is 6.92 Å². The van der Waals surface area contributed by atoms with Crippen LogP contribution < -0.4 is 5.32 Å². The van der Waals surface area contributed by atoms with E-state index in [-0.39, 0.29) is 0 Å². The highest BCUT2D eigenvalue weighted by atomic mass is 19.1. The quantitative estimate of drug-likeness (QED) is 0.746. The van der Waals surface area contributed by atoms with Crippen LogP contribution in [0.25, 0.3) is 5.70 Å². The van der Waals surface area contributed by atoms with Crippen LogP contribution in [-0.2, 0) is 0 Å². The van der Waals surface area contributed by atoms with E-state index in [1.54, 1.807) is 0 Å². The summed E-state index contributed by atoms with van der Waals surface area (Å²) in [6, 6.07) is 3.60. The first-order valence-electron chi connectivity index (χ1n) is 4.74. The lowest BCUT2D eigenvalue weighted by Crippen LogP contribution is -2.16. The standard InChI is InChI=1S/C12H11F2N/c1-8-4-5-15-12(6-8)10-3-2-9(13)7-11(10)14/h2-4,6-7,15H,5H2,1H3. The maximum absolute atomic E-state index is 13.4. The van der Waals surface area contributed by atoms with Crippen molar-refractivity contribution in [3.63, 3.8) is 0 Å². The number of halogens is 2. The molecule has 2 rings (SSSR count). The van der Waals surface area contributed by atoms with Gasteiger partial charge in [-0.15, -0.1) is 0 Å². The molecule has 0 aromatic heterocycles. The molecule has 0 aliphatic carbocycles. The van der Waals surface area contributed by atoms with Gasteiger partial charge < -0.3 is 5.32 Å². The van der Waals surface area contributed by atoms with Gasteiger partial charge in [-0.3, -0.25) is 0 Å². The average molecular weight is 207 g/mol. The molecule has 0 radical (unpaired) electrons. The van der Waals surface area contributed by atoms with Crippen molar-refractivity contribution in [1.29, 1.82) is 0 Å².